The van der Waals surface area contributed by atoms with Crippen molar-refractivity contribution >= 4 is 33.6 Å². The maximum absolute atomic E-state index is 11.3. The van der Waals surface area contributed by atoms with Crippen molar-refractivity contribution in [1.29, 1.82) is 0 Å². The fourth-order valence-corrected chi connectivity index (χ4v) is 2.47. The Morgan fingerprint density at radius 2 is 1.89 bits per heavy atom. The van der Waals surface area contributed by atoms with Crippen molar-refractivity contribution in [1.82, 2.24) is 0 Å². The third-order valence-electron chi connectivity index (χ3n) is 2.78. The summed E-state index contributed by atoms with van der Waals surface area (Å²) in [5.41, 5.74) is 5.61. The monoisotopic (exact) mass is 277 g/mol. The van der Waals surface area contributed by atoms with E-state index in [0.29, 0.717) is 5.69 Å². The number of carbonyl (C=O) groups is 1. The van der Waals surface area contributed by atoms with Crippen LogP contribution in [-0.4, -0.2) is 21.2 Å². The number of nitrogens with two attached hydrogens (primary N) is 1. The van der Waals surface area contributed by atoms with E-state index in [1.807, 2.05) is 30.3 Å². The molecule has 0 spiro atoms. The number of hydrogen-bond donors (Lipinski definition) is 1. The second-order valence-corrected chi connectivity index (χ2v) is 4.91. The standard InChI is InChI=1S/C13H14N2O3S/c14-13(16)8-9-15(19(17)18)12-7-3-5-10-4-1-2-6-11(10)12/h1-7H,8-9H2,(H2,14,16)(H,17,18)/p-1. The highest BCUT2D eigenvalue weighted by atomic mass is 32.2. The topological polar surface area (TPSA) is 86.5 Å². The maximum Gasteiger partial charge on any atom is 0.219 e. The smallest absolute Gasteiger partial charge is 0.219 e. The maximum atomic E-state index is 11.3. The van der Waals surface area contributed by atoms with E-state index in [4.69, 9.17) is 5.73 Å². The summed E-state index contributed by atoms with van der Waals surface area (Å²) >= 11 is -2.45. The van der Waals surface area contributed by atoms with Gasteiger partial charge in [0.25, 0.3) is 0 Å². The molecule has 2 rings (SSSR count). The summed E-state index contributed by atoms with van der Waals surface area (Å²) in [4.78, 5) is 10.8. The van der Waals surface area contributed by atoms with Gasteiger partial charge >= 0.3 is 0 Å². The number of primary amides is 1. The number of fused-ring (bicyclic) bond motifs is 1. The fraction of sp³-hybridized carbons (Fsp3) is 0.154. The van der Waals surface area contributed by atoms with Gasteiger partial charge in [-0.05, 0) is 11.5 Å². The molecule has 1 unspecified atom stereocenters. The number of carbonyl (C=O) groups excluding carboxylic acids is 1. The van der Waals surface area contributed by atoms with Crippen LogP contribution in [-0.2, 0) is 16.1 Å². The Hall–Kier alpha value is -1.92. The number of nitrogens with zero attached hydrogens (tertiary/aromatic N) is 1. The van der Waals surface area contributed by atoms with E-state index in [-0.39, 0.29) is 13.0 Å². The number of amides is 1. The van der Waals surface area contributed by atoms with Crippen LogP contribution in [0.15, 0.2) is 42.5 Å². The molecule has 6 heteroatoms. The van der Waals surface area contributed by atoms with Crippen LogP contribution in [0.4, 0.5) is 5.69 Å². The summed E-state index contributed by atoms with van der Waals surface area (Å²) in [5, 5.41) is 1.76. The average Bonchev–Trinajstić information content (AvgIpc) is 2.38. The van der Waals surface area contributed by atoms with Crippen LogP contribution in [0.1, 0.15) is 6.42 Å². The second-order valence-electron chi connectivity index (χ2n) is 4.03. The first kappa shape index (κ1) is 13.5. The van der Waals surface area contributed by atoms with E-state index < -0.39 is 17.2 Å². The van der Waals surface area contributed by atoms with E-state index in [0.717, 1.165) is 15.1 Å². The van der Waals surface area contributed by atoms with Gasteiger partial charge in [0.2, 0.25) is 5.91 Å². The summed E-state index contributed by atoms with van der Waals surface area (Å²) in [6, 6.07) is 12.9. The summed E-state index contributed by atoms with van der Waals surface area (Å²) < 4.78 is 23.8. The summed E-state index contributed by atoms with van der Waals surface area (Å²) in [6.45, 7) is 0.0411. The van der Waals surface area contributed by atoms with Crippen molar-refractivity contribution in [3.8, 4) is 0 Å². The largest absolute Gasteiger partial charge is 0.755 e. The zero-order valence-corrected chi connectivity index (χ0v) is 10.9. The lowest BCUT2D eigenvalue weighted by Gasteiger charge is -2.27. The normalized spacial score (nSPS) is 12.3. The summed E-state index contributed by atoms with van der Waals surface area (Å²) in [7, 11) is 0. The lowest BCUT2D eigenvalue weighted by atomic mass is 10.1. The Kier molecular flexibility index (Phi) is 4.13. The van der Waals surface area contributed by atoms with Gasteiger partial charge in [-0.15, -0.1) is 0 Å². The highest BCUT2D eigenvalue weighted by Gasteiger charge is 2.11. The minimum Gasteiger partial charge on any atom is -0.755 e. The van der Waals surface area contributed by atoms with Crippen LogP contribution in [0.3, 0.4) is 0 Å². The molecule has 0 aromatic heterocycles. The third kappa shape index (κ3) is 3.10. The second kappa shape index (κ2) is 5.81. The van der Waals surface area contributed by atoms with Gasteiger partial charge in [-0.25, -0.2) is 0 Å². The molecule has 0 radical (unpaired) electrons. The van der Waals surface area contributed by atoms with Gasteiger partial charge in [-0.2, -0.15) is 0 Å². The molecule has 0 heterocycles. The molecule has 5 nitrogen and oxygen atoms in total. The molecule has 0 aliphatic rings. The van der Waals surface area contributed by atoms with E-state index >= 15 is 0 Å². The average molecular weight is 277 g/mol. The third-order valence-corrected chi connectivity index (χ3v) is 3.52. The number of anilines is 1. The minimum atomic E-state index is -2.45. The molecule has 0 aliphatic carbocycles. The Labute approximate surface area is 113 Å². The zero-order valence-electron chi connectivity index (χ0n) is 10.1. The number of benzene rings is 2. The van der Waals surface area contributed by atoms with Crippen LogP contribution in [0, 0.1) is 0 Å². The fourth-order valence-electron chi connectivity index (χ4n) is 1.91. The lowest BCUT2D eigenvalue weighted by Crippen LogP contribution is -2.29. The number of rotatable bonds is 5. The first-order valence-electron chi connectivity index (χ1n) is 5.72. The zero-order chi connectivity index (χ0) is 13.8. The summed E-state index contributed by atoms with van der Waals surface area (Å²) in [5.74, 6) is -0.532. The predicted molar refractivity (Wildman–Crippen MR) is 74.0 cm³/mol. The van der Waals surface area contributed by atoms with Crippen molar-refractivity contribution in [2.24, 2.45) is 5.73 Å². The SMILES string of the molecule is NC(=O)CCN(c1cccc2ccccc12)S(=O)[O-]. The molecule has 1 amide bonds. The van der Waals surface area contributed by atoms with Gasteiger partial charge in [-0.1, -0.05) is 36.4 Å². The molecule has 0 saturated carbocycles. The van der Waals surface area contributed by atoms with Gasteiger partial charge in [0.05, 0.1) is 5.69 Å². The molecule has 2 N–H and O–H groups in total. The molecule has 19 heavy (non-hydrogen) atoms. The van der Waals surface area contributed by atoms with Crippen LogP contribution in [0.5, 0.6) is 0 Å². The van der Waals surface area contributed by atoms with Gasteiger partial charge < -0.3 is 14.6 Å². The van der Waals surface area contributed by atoms with E-state index in [9.17, 15) is 13.6 Å². The Balaban J connectivity index is 2.44. The van der Waals surface area contributed by atoms with Crippen LogP contribution in [0.2, 0.25) is 0 Å². The molecular formula is C13H13N2O3S-. The van der Waals surface area contributed by atoms with Gasteiger partial charge in [0, 0.05) is 29.6 Å². The first-order valence-corrected chi connectivity index (χ1v) is 6.76. The Bertz CT molecular complexity index is 625. The quantitative estimate of drug-likeness (QED) is 0.836. The highest BCUT2D eigenvalue weighted by Crippen LogP contribution is 2.27. The lowest BCUT2D eigenvalue weighted by molar-refractivity contribution is -0.117. The summed E-state index contributed by atoms with van der Waals surface area (Å²) in [6.07, 6.45) is -0.0167. The molecule has 0 aliphatic heterocycles. The van der Waals surface area contributed by atoms with Gasteiger partial charge in [0.15, 0.2) is 0 Å². The van der Waals surface area contributed by atoms with Crippen molar-refractivity contribution in [3.63, 3.8) is 0 Å². The van der Waals surface area contributed by atoms with E-state index in [1.165, 1.54) is 0 Å². The van der Waals surface area contributed by atoms with Crippen molar-refractivity contribution in [3.05, 3.63) is 42.5 Å². The molecule has 2 aromatic rings. The molecule has 1 atom stereocenters. The molecule has 100 valence electrons. The predicted octanol–water partition coefficient (Wildman–Crippen LogP) is 1.32. The first-order chi connectivity index (χ1) is 9.09. The van der Waals surface area contributed by atoms with E-state index in [2.05, 4.69) is 0 Å². The highest BCUT2D eigenvalue weighted by molar-refractivity contribution is 7.80. The molecular weight excluding hydrogens is 264 g/mol. The Morgan fingerprint density at radius 3 is 2.58 bits per heavy atom. The Morgan fingerprint density at radius 1 is 1.21 bits per heavy atom. The minimum absolute atomic E-state index is 0.0167. The van der Waals surface area contributed by atoms with Crippen LogP contribution >= 0.6 is 0 Å². The van der Waals surface area contributed by atoms with E-state index in [1.54, 1.807) is 12.1 Å². The van der Waals surface area contributed by atoms with Crippen LogP contribution in [0.25, 0.3) is 10.8 Å². The molecule has 0 bridgehead atoms. The molecule has 2 aromatic carbocycles. The van der Waals surface area contributed by atoms with Crippen molar-refractivity contribution in [2.45, 2.75) is 6.42 Å². The number of hydrogen-bond acceptors (Lipinski definition) is 3. The van der Waals surface area contributed by atoms with Crippen molar-refractivity contribution in [2.75, 3.05) is 10.8 Å². The molecule has 0 saturated heterocycles. The van der Waals surface area contributed by atoms with Crippen LogP contribution < -0.4 is 10.0 Å². The van der Waals surface area contributed by atoms with Crippen molar-refractivity contribution < 1.29 is 13.6 Å². The molecule has 0 fully saturated rings. The van der Waals surface area contributed by atoms with Gasteiger partial charge in [-0.3, -0.25) is 9.00 Å². The van der Waals surface area contributed by atoms with Gasteiger partial charge in [0.1, 0.15) is 0 Å².